The summed E-state index contributed by atoms with van der Waals surface area (Å²) in [7, 11) is 0. The van der Waals surface area contributed by atoms with Crippen molar-refractivity contribution in [2.75, 3.05) is 30.4 Å². The number of para-hydroxylation sites is 1. The minimum absolute atomic E-state index is 0.0619. The first kappa shape index (κ1) is 31.9. The summed E-state index contributed by atoms with van der Waals surface area (Å²) < 4.78 is 11.2. The van der Waals surface area contributed by atoms with Crippen LogP contribution < -0.4 is 15.4 Å². The number of carboxylic acid groups (broad SMARTS) is 1. The fourth-order valence-corrected chi connectivity index (χ4v) is 3.94. The van der Waals surface area contributed by atoms with E-state index in [0.29, 0.717) is 17.1 Å². The molecule has 5 N–H and O–H groups in total. The molecule has 0 aliphatic carbocycles. The Balaban J connectivity index is 1.63. The molecule has 2 atom stereocenters. The number of urea groups is 1. The van der Waals surface area contributed by atoms with Gasteiger partial charge in [0.25, 0.3) is 0 Å². The Morgan fingerprint density at radius 1 is 0.881 bits per heavy atom. The SMILES string of the molecule is CC(C)(C)OC(=O)N(C[C@H](O)COc1ccccc1)[C@H](CO)Cc1ccc(NC(=O)Nc2ccc(C(=O)O)cc2)cc1. The smallest absolute Gasteiger partial charge is 0.410 e. The molecule has 0 heterocycles. The van der Waals surface area contributed by atoms with Gasteiger partial charge in [-0.05, 0) is 81.3 Å². The number of carboxylic acids is 1. The van der Waals surface area contributed by atoms with Gasteiger partial charge >= 0.3 is 18.1 Å². The van der Waals surface area contributed by atoms with E-state index in [-0.39, 0.29) is 31.7 Å². The second-order valence-corrected chi connectivity index (χ2v) is 10.6. The Kier molecular flexibility index (Phi) is 11.3. The average Bonchev–Trinajstić information content (AvgIpc) is 2.94. The minimum atomic E-state index is -1.06. The lowest BCUT2D eigenvalue weighted by Crippen LogP contribution is -2.50. The largest absolute Gasteiger partial charge is 0.491 e. The highest BCUT2D eigenvalue weighted by molar-refractivity contribution is 6.00. The topological polar surface area (TPSA) is 158 Å². The van der Waals surface area contributed by atoms with Gasteiger partial charge in [-0.3, -0.25) is 4.90 Å². The number of hydrogen-bond acceptors (Lipinski definition) is 7. The molecule has 0 unspecified atom stereocenters. The van der Waals surface area contributed by atoms with Crippen LogP contribution in [-0.2, 0) is 11.2 Å². The van der Waals surface area contributed by atoms with Crippen molar-refractivity contribution in [2.24, 2.45) is 0 Å². The van der Waals surface area contributed by atoms with Crippen LogP contribution in [0.4, 0.5) is 21.0 Å². The molecule has 224 valence electrons. The summed E-state index contributed by atoms with van der Waals surface area (Å²) in [6.07, 6.45) is -1.46. The van der Waals surface area contributed by atoms with Gasteiger partial charge in [0.2, 0.25) is 0 Å². The fourth-order valence-electron chi connectivity index (χ4n) is 3.94. The van der Waals surface area contributed by atoms with Gasteiger partial charge in [0.1, 0.15) is 24.1 Å². The minimum Gasteiger partial charge on any atom is -0.491 e. The van der Waals surface area contributed by atoms with Crippen molar-refractivity contribution in [1.82, 2.24) is 4.90 Å². The fraction of sp³-hybridized carbons (Fsp3) is 0.323. The van der Waals surface area contributed by atoms with Gasteiger partial charge in [0.05, 0.1) is 24.8 Å². The van der Waals surface area contributed by atoms with Crippen molar-refractivity contribution in [3.8, 4) is 5.75 Å². The van der Waals surface area contributed by atoms with Crippen molar-refractivity contribution in [3.63, 3.8) is 0 Å². The zero-order chi connectivity index (χ0) is 30.7. The number of carbonyl (C=O) groups is 3. The monoisotopic (exact) mass is 579 g/mol. The third kappa shape index (κ3) is 10.4. The van der Waals surface area contributed by atoms with Crippen LogP contribution in [0.3, 0.4) is 0 Å². The number of amides is 3. The molecule has 3 aromatic carbocycles. The third-order valence-electron chi connectivity index (χ3n) is 5.95. The summed E-state index contributed by atoms with van der Waals surface area (Å²) in [5.41, 5.74) is 1.02. The Labute approximate surface area is 244 Å². The lowest BCUT2D eigenvalue weighted by molar-refractivity contribution is -0.00892. The van der Waals surface area contributed by atoms with Crippen molar-refractivity contribution in [1.29, 1.82) is 0 Å². The zero-order valence-corrected chi connectivity index (χ0v) is 23.8. The van der Waals surface area contributed by atoms with Crippen LogP contribution in [0.1, 0.15) is 36.7 Å². The zero-order valence-electron chi connectivity index (χ0n) is 23.8. The number of anilines is 2. The van der Waals surface area contributed by atoms with Gasteiger partial charge in [-0.1, -0.05) is 30.3 Å². The van der Waals surface area contributed by atoms with E-state index in [1.165, 1.54) is 29.2 Å². The predicted octanol–water partition coefficient (Wildman–Crippen LogP) is 4.61. The molecule has 0 bridgehead atoms. The number of ether oxygens (including phenoxy) is 2. The lowest BCUT2D eigenvalue weighted by atomic mass is 10.0. The van der Waals surface area contributed by atoms with Crippen LogP contribution in [0.2, 0.25) is 0 Å². The van der Waals surface area contributed by atoms with Gasteiger partial charge in [-0.2, -0.15) is 0 Å². The van der Waals surface area contributed by atoms with E-state index in [1.54, 1.807) is 57.2 Å². The number of aromatic carboxylic acids is 1. The molecule has 11 nitrogen and oxygen atoms in total. The molecule has 3 rings (SSSR count). The number of nitrogens with zero attached hydrogens (tertiary/aromatic N) is 1. The molecule has 0 saturated heterocycles. The molecule has 0 aromatic heterocycles. The van der Waals surface area contributed by atoms with E-state index in [1.807, 2.05) is 18.2 Å². The maximum atomic E-state index is 13.1. The summed E-state index contributed by atoms with van der Waals surface area (Å²) in [5.74, 6) is -0.477. The van der Waals surface area contributed by atoms with Crippen molar-refractivity contribution in [2.45, 2.75) is 44.9 Å². The summed E-state index contributed by atoms with van der Waals surface area (Å²) >= 11 is 0. The van der Waals surface area contributed by atoms with E-state index in [9.17, 15) is 24.6 Å². The van der Waals surface area contributed by atoms with E-state index in [4.69, 9.17) is 14.6 Å². The molecule has 0 aliphatic heterocycles. The molecule has 0 radical (unpaired) electrons. The van der Waals surface area contributed by atoms with Gasteiger partial charge in [-0.25, -0.2) is 14.4 Å². The maximum Gasteiger partial charge on any atom is 0.410 e. The van der Waals surface area contributed by atoms with E-state index in [0.717, 1.165) is 5.56 Å². The second kappa shape index (κ2) is 14.9. The highest BCUT2D eigenvalue weighted by Crippen LogP contribution is 2.18. The molecule has 0 fully saturated rings. The van der Waals surface area contributed by atoms with E-state index >= 15 is 0 Å². The van der Waals surface area contributed by atoms with Gasteiger partial charge in [-0.15, -0.1) is 0 Å². The van der Waals surface area contributed by atoms with Crippen LogP contribution in [0.15, 0.2) is 78.9 Å². The van der Waals surface area contributed by atoms with E-state index in [2.05, 4.69) is 10.6 Å². The Morgan fingerprint density at radius 3 is 1.98 bits per heavy atom. The molecule has 3 amide bonds. The van der Waals surface area contributed by atoms with E-state index < -0.39 is 35.8 Å². The summed E-state index contributed by atoms with van der Waals surface area (Å²) in [6, 6.07) is 20.4. The van der Waals surface area contributed by atoms with Crippen LogP contribution >= 0.6 is 0 Å². The number of aliphatic hydroxyl groups is 2. The molecular formula is C31H37N3O8. The normalized spacial score (nSPS) is 12.5. The first-order chi connectivity index (χ1) is 19.9. The highest BCUT2D eigenvalue weighted by Gasteiger charge is 2.30. The van der Waals surface area contributed by atoms with Crippen molar-refractivity contribution in [3.05, 3.63) is 90.0 Å². The summed E-state index contributed by atoms with van der Waals surface area (Å²) in [5, 5.41) is 35.2. The second-order valence-electron chi connectivity index (χ2n) is 10.6. The molecule has 0 spiro atoms. The number of aliphatic hydroxyl groups excluding tert-OH is 2. The highest BCUT2D eigenvalue weighted by atomic mass is 16.6. The van der Waals surface area contributed by atoms with Crippen LogP contribution in [0, 0.1) is 0 Å². The number of nitrogens with one attached hydrogen (secondary N) is 2. The summed E-state index contributed by atoms with van der Waals surface area (Å²) in [4.78, 5) is 37.8. The maximum absolute atomic E-state index is 13.1. The lowest BCUT2D eigenvalue weighted by Gasteiger charge is -2.34. The van der Waals surface area contributed by atoms with Crippen molar-refractivity contribution < 1.29 is 39.2 Å². The molecular weight excluding hydrogens is 542 g/mol. The first-order valence-corrected chi connectivity index (χ1v) is 13.4. The van der Waals surface area contributed by atoms with Gasteiger partial charge in [0, 0.05) is 11.4 Å². The van der Waals surface area contributed by atoms with Crippen LogP contribution in [0.5, 0.6) is 5.75 Å². The number of rotatable bonds is 12. The predicted molar refractivity (Wildman–Crippen MR) is 158 cm³/mol. The Hall–Kier alpha value is -4.61. The number of carbonyl (C=O) groups excluding carboxylic acids is 2. The summed E-state index contributed by atoms with van der Waals surface area (Å²) in [6.45, 7) is 4.64. The van der Waals surface area contributed by atoms with Gasteiger partial charge < -0.3 is 35.4 Å². The van der Waals surface area contributed by atoms with Crippen LogP contribution in [-0.4, -0.2) is 75.8 Å². The number of benzene rings is 3. The molecule has 11 heteroatoms. The van der Waals surface area contributed by atoms with Crippen molar-refractivity contribution >= 4 is 29.5 Å². The Morgan fingerprint density at radius 2 is 1.45 bits per heavy atom. The van der Waals surface area contributed by atoms with Crippen LogP contribution in [0.25, 0.3) is 0 Å². The average molecular weight is 580 g/mol. The van der Waals surface area contributed by atoms with Gasteiger partial charge in [0.15, 0.2) is 0 Å². The number of hydrogen-bond donors (Lipinski definition) is 5. The molecule has 0 saturated carbocycles. The third-order valence-corrected chi connectivity index (χ3v) is 5.95. The first-order valence-electron chi connectivity index (χ1n) is 13.4. The molecule has 0 aliphatic rings. The molecule has 3 aromatic rings. The standard InChI is InChI=1S/C31H37N3O8/c1-31(2,3)42-30(40)34(18-26(36)20-41-27-7-5-4-6-8-27)25(19-35)17-21-9-13-23(14-10-21)32-29(39)33-24-15-11-22(12-16-24)28(37)38/h4-16,25-26,35-36H,17-20H2,1-3H3,(H,37,38)(H2,32,33,39)/t25-,26-/m0/s1. The Bertz CT molecular complexity index is 1310. The quantitative estimate of drug-likeness (QED) is 0.208. The molecule has 42 heavy (non-hydrogen) atoms.